The van der Waals surface area contributed by atoms with Crippen molar-refractivity contribution in [2.75, 3.05) is 65.6 Å². The molecule has 39 heavy (non-hydrogen) atoms. The third-order valence-corrected chi connectivity index (χ3v) is 6.93. The maximum atomic E-state index is 13.2. The maximum Gasteiger partial charge on any atom is 0.249 e. The molecule has 0 N–H and O–H groups in total. The number of methoxy groups -OCH3 is 3. The van der Waals surface area contributed by atoms with E-state index in [2.05, 4.69) is 15.1 Å². The molecule has 1 aromatic heterocycles. The van der Waals surface area contributed by atoms with Crippen LogP contribution in [-0.4, -0.2) is 92.5 Å². The summed E-state index contributed by atoms with van der Waals surface area (Å²) in [4.78, 5) is 31.5. The summed E-state index contributed by atoms with van der Waals surface area (Å²) in [5, 5.41) is 8.84. The van der Waals surface area contributed by atoms with Crippen LogP contribution in [-0.2, 0) is 14.3 Å². The Labute approximate surface area is 229 Å². The third-order valence-electron chi connectivity index (χ3n) is 6.93. The molecule has 1 unspecified atom stereocenters. The number of hydrogen-bond donors (Lipinski definition) is 0. The summed E-state index contributed by atoms with van der Waals surface area (Å²) < 4.78 is 15.8. The molecule has 3 aromatic rings. The van der Waals surface area contributed by atoms with Crippen LogP contribution in [0.1, 0.15) is 18.5 Å². The SMILES string of the molecule is COCC(=O)N(CC(=O)N1CCN(c2ccc(-c3ccc(OC)c(OC)c3)nn2)CC1)C(C)c1ccccc1. The van der Waals surface area contributed by atoms with Crippen LogP contribution < -0.4 is 14.4 Å². The third kappa shape index (κ3) is 6.64. The van der Waals surface area contributed by atoms with Gasteiger partial charge in [0.05, 0.1) is 26.0 Å². The van der Waals surface area contributed by atoms with Crippen molar-refractivity contribution in [3.8, 4) is 22.8 Å². The van der Waals surface area contributed by atoms with Crippen LogP contribution in [0.25, 0.3) is 11.3 Å². The first-order valence-electron chi connectivity index (χ1n) is 12.9. The van der Waals surface area contributed by atoms with Crippen molar-refractivity contribution in [2.45, 2.75) is 13.0 Å². The highest BCUT2D eigenvalue weighted by Crippen LogP contribution is 2.31. The van der Waals surface area contributed by atoms with E-state index >= 15 is 0 Å². The molecule has 206 valence electrons. The Bertz CT molecular complexity index is 1250. The zero-order valence-corrected chi connectivity index (χ0v) is 22.9. The Kier molecular flexibility index (Phi) is 9.32. The van der Waals surface area contributed by atoms with Crippen LogP contribution in [0.2, 0.25) is 0 Å². The van der Waals surface area contributed by atoms with Crippen molar-refractivity contribution < 1.29 is 23.8 Å². The van der Waals surface area contributed by atoms with Gasteiger partial charge in [-0.1, -0.05) is 30.3 Å². The molecular formula is C29H35N5O5. The number of rotatable bonds is 10. The summed E-state index contributed by atoms with van der Waals surface area (Å²) >= 11 is 0. The van der Waals surface area contributed by atoms with Gasteiger partial charge in [-0.2, -0.15) is 0 Å². The van der Waals surface area contributed by atoms with Gasteiger partial charge in [0.15, 0.2) is 17.3 Å². The number of amides is 2. The van der Waals surface area contributed by atoms with Gasteiger partial charge in [-0.15, -0.1) is 10.2 Å². The Morgan fingerprint density at radius 1 is 0.897 bits per heavy atom. The summed E-state index contributed by atoms with van der Waals surface area (Å²) in [5.74, 6) is 1.73. The van der Waals surface area contributed by atoms with Crippen LogP contribution in [0, 0.1) is 0 Å². The number of carbonyl (C=O) groups is 2. The average Bonchev–Trinajstić information content (AvgIpc) is 2.99. The smallest absolute Gasteiger partial charge is 0.249 e. The minimum absolute atomic E-state index is 0.00190. The van der Waals surface area contributed by atoms with Gasteiger partial charge < -0.3 is 28.9 Å². The molecule has 2 aromatic carbocycles. The number of aromatic nitrogens is 2. The van der Waals surface area contributed by atoms with E-state index in [0.29, 0.717) is 37.7 Å². The van der Waals surface area contributed by atoms with E-state index in [4.69, 9.17) is 14.2 Å². The number of hydrogen-bond acceptors (Lipinski definition) is 8. The molecule has 0 radical (unpaired) electrons. The minimum atomic E-state index is -0.251. The second kappa shape index (κ2) is 13.1. The normalized spacial score (nSPS) is 14.1. The van der Waals surface area contributed by atoms with Crippen LogP contribution in [0.5, 0.6) is 11.5 Å². The zero-order valence-electron chi connectivity index (χ0n) is 22.9. The van der Waals surface area contributed by atoms with E-state index in [1.807, 2.05) is 67.6 Å². The Morgan fingerprint density at radius 2 is 1.62 bits per heavy atom. The lowest BCUT2D eigenvalue weighted by molar-refractivity contribution is -0.144. The Morgan fingerprint density at radius 3 is 2.23 bits per heavy atom. The van der Waals surface area contributed by atoms with Gasteiger partial charge in [0, 0.05) is 38.9 Å². The maximum absolute atomic E-state index is 13.2. The molecule has 0 aliphatic carbocycles. The van der Waals surface area contributed by atoms with Crippen LogP contribution in [0.15, 0.2) is 60.7 Å². The molecule has 1 atom stereocenters. The Hall–Kier alpha value is -4.18. The van der Waals surface area contributed by atoms with Crippen LogP contribution in [0.4, 0.5) is 5.82 Å². The number of nitrogens with zero attached hydrogens (tertiary/aromatic N) is 5. The summed E-state index contributed by atoms with van der Waals surface area (Å²) in [7, 11) is 4.68. The van der Waals surface area contributed by atoms with E-state index in [1.165, 1.54) is 7.11 Å². The molecule has 0 saturated carbocycles. The topological polar surface area (TPSA) is 97.3 Å². The number of anilines is 1. The van der Waals surface area contributed by atoms with Crippen molar-refractivity contribution >= 4 is 17.6 Å². The van der Waals surface area contributed by atoms with Gasteiger partial charge in [-0.3, -0.25) is 9.59 Å². The molecule has 4 rings (SSSR count). The molecule has 1 saturated heterocycles. The van der Waals surface area contributed by atoms with Crippen molar-refractivity contribution in [2.24, 2.45) is 0 Å². The van der Waals surface area contributed by atoms with Gasteiger partial charge in [0.1, 0.15) is 13.2 Å². The first-order valence-corrected chi connectivity index (χ1v) is 12.9. The lowest BCUT2D eigenvalue weighted by atomic mass is 10.1. The summed E-state index contributed by atoms with van der Waals surface area (Å²) in [5.41, 5.74) is 2.57. The second-order valence-corrected chi connectivity index (χ2v) is 9.26. The predicted molar refractivity (Wildman–Crippen MR) is 148 cm³/mol. The highest BCUT2D eigenvalue weighted by atomic mass is 16.5. The van der Waals surface area contributed by atoms with Crippen molar-refractivity contribution in [3.63, 3.8) is 0 Å². The largest absolute Gasteiger partial charge is 0.493 e. The van der Waals surface area contributed by atoms with Crippen molar-refractivity contribution in [1.29, 1.82) is 0 Å². The van der Waals surface area contributed by atoms with Gasteiger partial charge in [0.25, 0.3) is 0 Å². The number of carbonyl (C=O) groups excluding carboxylic acids is 2. The standard InChI is InChI=1S/C29H35N5O5/c1-21(22-8-6-5-7-9-22)34(29(36)20-37-2)19-28(35)33-16-14-32(15-17-33)27-13-11-24(30-31-27)23-10-12-25(38-3)26(18-23)39-4/h5-13,18,21H,14-17,19-20H2,1-4H3. The summed E-state index contributed by atoms with van der Waals surface area (Å²) in [6.45, 7) is 4.16. The van der Waals surface area contributed by atoms with E-state index in [-0.39, 0.29) is 31.0 Å². The molecule has 2 amide bonds. The molecule has 10 heteroatoms. The van der Waals surface area contributed by atoms with Gasteiger partial charge in [-0.05, 0) is 42.8 Å². The fraction of sp³-hybridized carbons (Fsp3) is 0.379. The van der Waals surface area contributed by atoms with E-state index < -0.39 is 0 Å². The summed E-state index contributed by atoms with van der Waals surface area (Å²) in [6, 6.07) is 18.9. The van der Waals surface area contributed by atoms with Gasteiger partial charge >= 0.3 is 0 Å². The van der Waals surface area contributed by atoms with Gasteiger partial charge in [-0.25, -0.2) is 0 Å². The van der Waals surface area contributed by atoms with E-state index in [1.54, 1.807) is 24.0 Å². The second-order valence-electron chi connectivity index (χ2n) is 9.26. The highest BCUT2D eigenvalue weighted by molar-refractivity contribution is 5.86. The average molecular weight is 534 g/mol. The number of piperazine rings is 1. The molecule has 10 nitrogen and oxygen atoms in total. The van der Waals surface area contributed by atoms with Gasteiger partial charge in [0.2, 0.25) is 11.8 Å². The van der Waals surface area contributed by atoms with E-state index in [9.17, 15) is 9.59 Å². The molecule has 2 heterocycles. The summed E-state index contributed by atoms with van der Waals surface area (Å²) in [6.07, 6.45) is 0. The molecule has 0 bridgehead atoms. The van der Waals surface area contributed by atoms with Crippen LogP contribution in [0.3, 0.4) is 0 Å². The Balaban J connectivity index is 1.37. The van der Waals surface area contributed by atoms with Crippen LogP contribution >= 0.6 is 0 Å². The molecule has 1 aliphatic heterocycles. The lowest BCUT2D eigenvalue weighted by Gasteiger charge is -2.37. The van der Waals surface area contributed by atoms with Crippen molar-refractivity contribution in [3.05, 3.63) is 66.2 Å². The predicted octanol–water partition coefficient (Wildman–Crippen LogP) is 3.05. The first kappa shape index (κ1) is 27.8. The molecular weight excluding hydrogens is 498 g/mol. The molecule has 1 aliphatic rings. The monoisotopic (exact) mass is 533 g/mol. The van der Waals surface area contributed by atoms with Crippen molar-refractivity contribution in [1.82, 2.24) is 20.0 Å². The molecule has 1 fully saturated rings. The number of ether oxygens (including phenoxy) is 3. The molecule has 0 spiro atoms. The van der Waals surface area contributed by atoms with E-state index in [0.717, 1.165) is 22.6 Å². The minimum Gasteiger partial charge on any atom is -0.493 e. The zero-order chi connectivity index (χ0) is 27.8. The fourth-order valence-corrected chi connectivity index (χ4v) is 4.63. The number of benzene rings is 2. The first-order chi connectivity index (χ1) is 18.9. The quantitative estimate of drug-likeness (QED) is 0.392. The lowest BCUT2D eigenvalue weighted by Crippen LogP contribution is -2.52. The fourth-order valence-electron chi connectivity index (χ4n) is 4.63. The highest BCUT2D eigenvalue weighted by Gasteiger charge is 2.28.